The normalized spacial score (nSPS) is 10.4. The summed E-state index contributed by atoms with van der Waals surface area (Å²) in [4.78, 5) is 11.4. The third kappa shape index (κ3) is 3.64. The Bertz CT molecular complexity index is 684. The van der Waals surface area contributed by atoms with E-state index < -0.39 is 5.63 Å². The Kier molecular flexibility index (Phi) is 4.47. The van der Waals surface area contributed by atoms with E-state index >= 15 is 0 Å². The Hall–Kier alpha value is -2.21. The van der Waals surface area contributed by atoms with E-state index in [0.29, 0.717) is 41.3 Å². The second-order valence-corrected chi connectivity index (χ2v) is 4.55. The summed E-state index contributed by atoms with van der Waals surface area (Å²) < 4.78 is 10.6. The number of ether oxygens (including phenoxy) is 1. The van der Waals surface area contributed by atoms with Gasteiger partial charge >= 0.3 is 5.63 Å². The van der Waals surface area contributed by atoms with Gasteiger partial charge in [0.1, 0.15) is 11.3 Å². The molecule has 6 nitrogen and oxygen atoms in total. The van der Waals surface area contributed by atoms with Crippen LogP contribution in [-0.4, -0.2) is 19.1 Å². The van der Waals surface area contributed by atoms with E-state index in [9.17, 15) is 4.79 Å². The van der Waals surface area contributed by atoms with Crippen molar-refractivity contribution in [2.75, 3.05) is 13.2 Å². The quantitative estimate of drug-likeness (QED) is 0.337. The minimum Gasteiger partial charge on any atom is -0.492 e. The van der Waals surface area contributed by atoms with Gasteiger partial charge in [-0.1, -0.05) is 11.6 Å². The zero-order valence-corrected chi connectivity index (χ0v) is 11.4. The number of fused-ring (bicyclic) bond motifs is 1. The molecule has 7 heteroatoms. The van der Waals surface area contributed by atoms with Crippen LogP contribution < -0.4 is 21.4 Å². The van der Waals surface area contributed by atoms with Crippen molar-refractivity contribution < 1.29 is 9.15 Å². The highest BCUT2D eigenvalue weighted by Gasteiger charge is 2.07. The fraction of sp³-hybridized carbons (Fsp3) is 0.231. The third-order valence-electron chi connectivity index (χ3n) is 2.56. The van der Waals surface area contributed by atoms with Crippen molar-refractivity contribution in [2.45, 2.75) is 6.42 Å². The molecular weight excluding hydrogens is 282 g/mol. The second kappa shape index (κ2) is 6.29. The Morgan fingerprint density at radius 3 is 3.00 bits per heavy atom. The third-order valence-corrected chi connectivity index (χ3v) is 2.80. The lowest BCUT2D eigenvalue weighted by molar-refractivity contribution is 0.312. The molecule has 1 aromatic heterocycles. The monoisotopic (exact) mass is 295 g/mol. The van der Waals surface area contributed by atoms with Crippen LogP contribution in [0.1, 0.15) is 6.42 Å². The van der Waals surface area contributed by atoms with E-state index in [1.54, 1.807) is 18.2 Å². The van der Waals surface area contributed by atoms with Gasteiger partial charge in [0.05, 0.1) is 18.1 Å². The molecule has 0 amide bonds. The van der Waals surface area contributed by atoms with E-state index in [1.807, 2.05) is 0 Å². The Labute approximate surface area is 120 Å². The van der Waals surface area contributed by atoms with Crippen molar-refractivity contribution in [1.82, 2.24) is 5.32 Å². The maximum Gasteiger partial charge on any atom is 0.339 e. The van der Waals surface area contributed by atoms with Gasteiger partial charge in [-0.15, -0.1) is 0 Å². The average Bonchev–Trinajstić information content (AvgIpc) is 2.38. The molecule has 1 heterocycles. The highest BCUT2D eigenvalue weighted by atomic mass is 35.5. The lowest BCUT2D eigenvalue weighted by Gasteiger charge is -2.09. The number of hydrogen-bond donors (Lipinski definition) is 3. The predicted octanol–water partition coefficient (Wildman–Crippen LogP) is 1.70. The smallest absolute Gasteiger partial charge is 0.339 e. The highest BCUT2D eigenvalue weighted by Crippen LogP contribution is 2.26. The maximum atomic E-state index is 11.4. The first-order chi connectivity index (χ1) is 9.56. The van der Waals surface area contributed by atoms with E-state index in [0.717, 1.165) is 0 Å². The summed E-state index contributed by atoms with van der Waals surface area (Å²) in [7, 11) is 0. The van der Waals surface area contributed by atoms with Gasteiger partial charge in [0.2, 0.25) is 0 Å². The molecule has 1 aromatic carbocycles. The summed E-state index contributed by atoms with van der Waals surface area (Å²) in [6, 6.07) is 6.25. The molecule has 0 aliphatic heterocycles. The summed E-state index contributed by atoms with van der Waals surface area (Å²) in [5.74, 6) is 0.351. The summed E-state index contributed by atoms with van der Waals surface area (Å²) in [6.45, 7) is 0.904. The maximum absolute atomic E-state index is 11.4. The zero-order valence-electron chi connectivity index (χ0n) is 10.6. The zero-order chi connectivity index (χ0) is 14.5. The minimum absolute atomic E-state index is 0.0809. The van der Waals surface area contributed by atoms with Crippen LogP contribution in [0.2, 0.25) is 5.02 Å². The van der Waals surface area contributed by atoms with Crippen LogP contribution in [0.15, 0.2) is 33.5 Å². The van der Waals surface area contributed by atoms with E-state index in [1.165, 1.54) is 6.07 Å². The van der Waals surface area contributed by atoms with Crippen LogP contribution in [0.4, 0.5) is 0 Å². The standard InChI is InChI=1S/C13H14ClN3O3/c14-8-2-3-10-9(6-8)11(7-12(18)20-10)19-5-1-4-17-13(15)16/h2-3,6-7H,1,4-5H2,(H4,15,16,17). The first-order valence-electron chi connectivity index (χ1n) is 6.00. The predicted molar refractivity (Wildman–Crippen MR) is 77.5 cm³/mol. The van der Waals surface area contributed by atoms with Crippen molar-refractivity contribution in [3.05, 3.63) is 39.7 Å². The van der Waals surface area contributed by atoms with Crippen LogP contribution >= 0.6 is 11.6 Å². The Morgan fingerprint density at radius 2 is 2.25 bits per heavy atom. The number of nitrogens with two attached hydrogens (primary N) is 1. The summed E-state index contributed by atoms with van der Waals surface area (Å²) in [5, 5.41) is 10.9. The number of halogens is 1. The summed E-state index contributed by atoms with van der Waals surface area (Å²) in [6.07, 6.45) is 0.641. The van der Waals surface area contributed by atoms with Crippen LogP contribution in [-0.2, 0) is 0 Å². The summed E-state index contributed by atoms with van der Waals surface area (Å²) >= 11 is 5.93. The molecule has 0 unspecified atom stereocenters. The highest BCUT2D eigenvalue weighted by molar-refractivity contribution is 6.31. The molecule has 0 spiro atoms. The molecule has 4 N–H and O–H groups in total. The molecule has 0 bridgehead atoms. The Balaban J connectivity index is 2.10. The molecule has 0 fully saturated rings. The van der Waals surface area contributed by atoms with Crippen molar-refractivity contribution in [1.29, 1.82) is 5.41 Å². The van der Waals surface area contributed by atoms with Gasteiger partial charge in [-0.3, -0.25) is 5.41 Å². The molecule has 0 radical (unpaired) electrons. The minimum atomic E-state index is -0.475. The fourth-order valence-corrected chi connectivity index (χ4v) is 1.88. The molecule has 2 aromatic rings. The fourth-order valence-electron chi connectivity index (χ4n) is 1.70. The lowest BCUT2D eigenvalue weighted by Crippen LogP contribution is -2.31. The van der Waals surface area contributed by atoms with Gasteiger partial charge in [0, 0.05) is 11.6 Å². The van der Waals surface area contributed by atoms with Crippen LogP contribution in [0.3, 0.4) is 0 Å². The summed E-state index contributed by atoms with van der Waals surface area (Å²) in [5.41, 5.74) is 5.11. The molecule has 0 saturated heterocycles. The SMILES string of the molecule is N=C(N)NCCCOc1cc(=O)oc2ccc(Cl)cc12. The first kappa shape index (κ1) is 14.2. The molecule has 20 heavy (non-hydrogen) atoms. The van der Waals surface area contributed by atoms with Gasteiger partial charge in [-0.25, -0.2) is 4.79 Å². The number of guanidine groups is 1. The van der Waals surface area contributed by atoms with Crippen molar-refractivity contribution in [3.8, 4) is 5.75 Å². The molecule has 2 rings (SSSR count). The van der Waals surface area contributed by atoms with Crippen LogP contribution in [0, 0.1) is 5.41 Å². The molecular formula is C13H14ClN3O3. The average molecular weight is 296 g/mol. The van der Waals surface area contributed by atoms with E-state index in [2.05, 4.69) is 5.32 Å². The van der Waals surface area contributed by atoms with Crippen molar-refractivity contribution >= 4 is 28.5 Å². The van der Waals surface area contributed by atoms with Gasteiger partial charge in [0.25, 0.3) is 0 Å². The van der Waals surface area contributed by atoms with Crippen molar-refractivity contribution in [3.63, 3.8) is 0 Å². The van der Waals surface area contributed by atoms with Gasteiger partial charge < -0.3 is 20.2 Å². The van der Waals surface area contributed by atoms with Gasteiger partial charge in [-0.2, -0.15) is 0 Å². The van der Waals surface area contributed by atoms with Gasteiger partial charge in [0.15, 0.2) is 5.96 Å². The molecule has 0 aliphatic rings. The second-order valence-electron chi connectivity index (χ2n) is 4.11. The molecule has 0 atom stereocenters. The Morgan fingerprint density at radius 1 is 1.45 bits per heavy atom. The topological polar surface area (TPSA) is 101 Å². The lowest BCUT2D eigenvalue weighted by atomic mass is 10.2. The van der Waals surface area contributed by atoms with Gasteiger partial charge in [-0.05, 0) is 24.6 Å². The number of hydrogen-bond acceptors (Lipinski definition) is 4. The van der Waals surface area contributed by atoms with Crippen LogP contribution in [0.5, 0.6) is 5.75 Å². The van der Waals surface area contributed by atoms with E-state index in [-0.39, 0.29) is 5.96 Å². The molecule has 0 aliphatic carbocycles. The van der Waals surface area contributed by atoms with E-state index in [4.69, 9.17) is 31.9 Å². The number of nitrogens with one attached hydrogen (secondary N) is 2. The largest absolute Gasteiger partial charge is 0.492 e. The van der Waals surface area contributed by atoms with Crippen molar-refractivity contribution in [2.24, 2.45) is 5.73 Å². The first-order valence-corrected chi connectivity index (χ1v) is 6.38. The number of rotatable bonds is 5. The molecule has 106 valence electrons. The molecule has 0 saturated carbocycles. The number of benzene rings is 1. The van der Waals surface area contributed by atoms with Crippen LogP contribution in [0.25, 0.3) is 11.0 Å².